The first-order chi connectivity index (χ1) is 15.6. The molecule has 0 bridgehead atoms. The number of halogens is 1. The molecule has 3 aromatic carbocycles. The zero-order chi connectivity index (χ0) is 21.9. The van der Waals surface area contributed by atoms with Crippen molar-refractivity contribution in [2.24, 2.45) is 4.99 Å². The molecular formula is C26H17FN2O2S. The zero-order valence-corrected chi connectivity index (χ0v) is 17.6. The number of nitrogens with zero attached hydrogens (tertiary/aromatic N) is 1. The van der Waals surface area contributed by atoms with Gasteiger partial charge < -0.3 is 10.1 Å². The van der Waals surface area contributed by atoms with Crippen LogP contribution in [0, 0.1) is 5.82 Å². The molecule has 0 aliphatic carbocycles. The summed E-state index contributed by atoms with van der Waals surface area (Å²) in [5.41, 5.74) is 1.91. The highest BCUT2D eigenvalue weighted by atomic mass is 32.1. The van der Waals surface area contributed by atoms with Gasteiger partial charge in [0.05, 0.1) is 4.88 Å². The summed E-state index contributed by atoms with van der Waals surface area (Å²) in [5.74, 6) is 1.35. The smallest absolute Gasteiger partial charge is 0.275 e. The number of ether oxygens (including phenoxy) is 1. The van der Waals surface area contributed by atoms with E-state index in [0.717, 1.165) is 26.6 Å². The van der Waals surface area contributed by atoms with Crippen LogP contribution >= 0.6 is 11.3 Å². The molecule has 1 aromatic heterocycles. The van der Waals surface area contributed by atoms with Crippen LogP contribution in [0.1, 0.15) is 10.4 Å². The van der Waals surface area contributed by atoms with Crippen LogP contribution in [0.5, 0.6) is 11.5 Å². The van der Waals surface area contributed by atoms with E-state index in [2.05, 4.69) is 10.3 Å². The van der Waals surface area contributed by atoms with Gasteiger partial charge in [-0.05, 0) is 65.7 Å². The summed E-state index contributed by atoms with van der Waals surface area (Å²) in [6, 6.07) is 27.2. The monoisotopic (exact) mass is 440 g/mol. The average Bonchev–Trinajstić information content (AvgIpc) is 3.42. The van der Waals surface area contributed by atoms with Gasteiger partial charge in [0, 0.05) is 4.88 Å². The Balaban J connectivity index is 1.38. The lowest BCUT2D eigenvalue weighted by atomic mass is 10.2. The lowest BCUT2D eigenvalue weighted by Gasteiger charge is -2.06. The molecule has 0 atom stereocenters. The Morgan fingerprint density at radius 2 is 1.62 bits per heavy atom. The van der Waals surface area contributed by atoms with Gasteiger partial charge in [0.15, 0.2) is 5.84 Å². The SMILES string of the molecule is O=C1NC(c2ccc(-c3cccc(F)c3)s2)=N/C1=C\c1cccc(Oc2ccccc2)c1. The Morgan fingerprint density at radius 1 is 0.844 bits per heavy atom. The van der Waals surface area contributed by atoms with E-state index in [1.54, 1.807) is 12.1 Å². The fraction of sp³-hybridized carbons (Fsp3) is 0. The van der Waals surface area contributed by atoms with E-state index < -0.39 is 0 Å². The molecule has 0 fully saturated rings. The Kier molecular flexibility index (Phi) is 5.35. The maximum Gasteiger partial charge on any atom is 0.275 e. The number of aliphatic imine (C=N–C) groups is 1. The topological polar surface area (TPSA) is 50.7 Å². The summed E-state index contributed by atoms with van der Waals surface area (Å²) in [6.45, 7) is 0. The first-order valence-electron chi connectivity index (χ1n) is 9.95. The minimum Gasteiger partial charge on any atom is -0.457 e. The highest BCUT2D eigenvalue weighted by Gasteiger charge is 2.22. The van der Waals surface area contributed by atoms with Crippen LogP contribution in [0.4, 0.5) is 4.39 Å². The summed E-state index contributed by atoms with van der Waals surface area (Å²) in [4.78, 5) is 18.7. The second kappa shape index (κ2) is 8.61. The summed E-state index contributed by atoms with van der Waals surface area (Å²) in [5, 5.41) is 2.82. The van der Waals surface area contributed by atoms with Gasteiger partial charge in [-0.1, -0.05) is 42.5 Å². The molecular weight excluding hydrogens is 423 g/mol. The lowest BCUT2D eigenvalue weighted by molar-refractivity contribution is -0.115. The van der Waals surface area contributed by atoms with Crippen LogP contribution in [-0.2, 0) is 4.79 Å². The Morgan fingerprint density at radius 3 is 2.47 bits per heavy atom. The van der Waals surface area contributed by atoms with Crippen molar-refractivity contribution in [1.82, 2.24) is 5.32 Å². The predicted octanol–water partition coefficient (Wildman–Crippen LogP) is 6.26. The van der Waals surface area contributed by atoms with Gasteiger partial charge in [-0.25, -0.2) is 9.38 Å². The van der Waals surface area contributed by atoms with E-state index in [9.17, 15) is 9.18 Å². The second-order valence-electron chi connectivity index (χ2n) is 7.11. The van der Waals surface area contributed by atoms with Crippen molar-refractivity contribution in [3.63, 3.8) is 0 Å². The molecule has 0 spiro atoms. The van der Waals surface area contributed by atoms with Gasteiger partial charge in [-0.3, -0.25) is 4.79 Å². The molecule has 6 heteroatoms. The fourth-order valence-corrected chi connectivity index (χ4v) is 4.24. The van der Waals surface area contributed by atoms with E-state index >= 15 is 0 Å². The molecule has 4 nitrogen and oxygen atoms in total. The van der Waals surface area contributed by atoms with E-state index in [1.165, 1.54) is 23.5 Å². The number of thiophene rings is 1. The Labute approximate surface area is 188 Å². The highest BCUT2D eigenvalue weighted by Crippen LogP contribution is 2.30. The summed E-state index contributed by atoms with van der Waals surface area (Å²) < 4.78 is 19.4. The lowest BCUT2D eigenvalue weighted by Crippen LogP contribution is -2.23. The minimum absolute atomic E-state index is 0.268. The third kappa shape index (κ3) is 4.36. The number of benzene rings is 3. The number of para-hydroxylation sites is 1. The molecule has 0 unspecified atom stereocenters. The van der Waals surface area contributed by atoms with E-state index in [4.69, 9.17) is 4.74 Å². The van der Waals surface area contributed by atoms with Gasteiger partial charge in [0.2, 0.25) is 0 Å². The molecule has 0 saturated heterocycles. The number of amides is 1. The minimum atomic E-state index is -0.285. The van der Waals surface area contributed by atoms with Crippen molar-refractivity contribution in [2.45, 2.75) is 0 Å². The number of rotatable bonds is 5. The van der Waals surface area contributed by atoms with Crippen molar-refractivity contribution < 1.29 is 13.9 Å². The van der Waals surface area contributed by atoms with Crippen molar-refractivity contribution in [3.8, 4) is 21.9 Å². The molecule has 32 heavy (non-hydrogen) atoms. The standard InChI is InChI=1S/C26H17FN2O2S/c27-19-8-5-7-18(16-19)23-12-13-24(32-23)25-28-22(26(30)29-25)15-17-6-4-11-21(14-17)31-20-9-2-1-3-10-20/h1-16H,(H,28,29,30)/b22-15-. The van der Waals surface area contributed by atoms with E-state index in [0.29, 0.717) is 17.3 Å². The molecule has 4 aromatic rings. The highest BCUT2D eigenvalue weighted by molar-refractivity contribution is 7.17. The molecule has 1 amide bonds. The second-order valence-corrected chi connectivity index (χ2v) is 8.19. The van der Waals surface area contributed by atoms with Gasteiger partial charge >= 0.3 is 0 Å². The third-order valence-electron chi connectivity index (χ3n) is 4.79. The Bertz CT molecular complexity index is 1360. The van der Waals surface area contributed by atoms with Crippen LogP contribution in [0.25, 0.3) is 16.5 Å². The zero-order valence-electron chi connectivity index (χ0n) is 16.8. The number of hydrogen-bond acceptors (Lipinski definition) is 4. The van der Waals surface area contributed by atoms with Crippen molar-refractivity contribution in [2.75, 3.05) is 0 Å². The van der Waals surface area contributed by atoms with Gasteiger partial charge in [0.1, 0.15) is 23.0 Å². The molecule has 1 N–H and O–H groups in total. The van der Waals surface area contributed by atoms with Crippen molar-refractivity contribution in [1.29, 1.82) is 0 Å². The molecule has 1 aliphatic heterocycles. The molecule has 2 heterocycles. The van der Waals surface area contributed by atoms with Gasteiger partial charge in [-0.15, -0.1) is 11.3 Å². The molecule has 1 aliphatic rings. The van der Waals surface area contributed by atoms with Gasteiger partial charge in [0.25, 0.3) is 5.91 Å². The van der Waals surface area contributed by atoms with Gasteiger partial charge in [-0.2, -0.15) is 0 Å². The molecule has 0 radical (unpaired) electrons. The average molecular weight is 440 g/mol. The van der Waals surface area contributed by atoms with Crippen LogP contribution < -0.4 is 10.1 Å². The number of carbonyl (C=O) groups excluding carboxylic acids is 1. The molecule has 0 saturated carbocycles. The van der Waals surface area contributed by atoms with E-state index in [1.807, 2.05) is 72.8 Å². The largest absolute Gasteiger partial charge is 0.457 e. The first kappa shape index (κ1) is 19.9. The number of carbonyl (C=O) groups is 1. The van der Waals surface area contributed by atoms with Crippen molar-refractivity contribution in [3.05, 3.63) is 113 Å². The molecule has 156 valence electrons. The quantitative estimate of drug-likeness (QED) is 0.372. The van der Waals surface area contributed by atoms with Crippen LogP contribution in [0.3, 0.4) is 0 Å². The maximum absolute atomic E-state index is 13.5. The number of hydrogen-bond donors (Lipinski definition) is 1. The summed E-state index contributed by atoms with van der Waals surface area (Å²) in [7, 11) is 0. The van der Waals surface area contributed by atoms with Crippen LogP contribution in [0.2, 0.25) is 0 Å². The first-order valence-corrected chi connectivity index (χ1v) is 10.8. The summed E-state index contributed by atoms with van der Waals surface area (Å²) in [6.07, 6.45) is 1.72. The van der Waals surface area contributed by atoms with Crippen LogP contribution in [-0.4, -0.2) is 11.7 Å². The van der Waals surface area contributed by atoms with Crippen LogP contribution in [0.15, 0.2) is 102 Å². The Hall–Kier alpha value is -4.03. The predicted molar refractivity (Wildman–Crippen MR) is 125 cm³/mol. The maximum atomic E-state index is 13.5. The van der Waals surface area contributed by atoms with E-state index in [-0.39, 0.29) is 11.7 Å². The summed E-state index contributed by atoms with van der Waals surface area (Å²) >= 11 is 1.45. The van der Waals surface area contributed by atoms with Crippen molar-refractivity contribution >= 4 is 29.2 Å². The fourth-order valence-electron chi connectivity index (χ4n) is 3.30. The normalized spacial score (nSPS) is 14.3. The number of amidine groups is 1. The third-order valence-corrected chi connectivity index (χ3v) is 5.93. The molecule has 5 rings (SSSR count). The number of nitrogens with one attached hydrogen (secondary N) is 1.